The highest BCUT2D eigenvalue weighted by Crippen LogP contribution is 2.26. The molecule has 0 saturated carbocycles. The van der Waals surface area contributed by atoms with Crippen molar-refractivity contribution in [3.63, 3.8) is 0 Å². The predicted octanol–water partition coefficient (Wildman–Crippen LogP) is 4.21. The van der Waals surface area contributed by atoms with Gasteiger partial charge >= 0.3 is 0 Å². The normalized spacial score (nSPS) is 10.4. The molecule has 3 heteroatoms. The molecule has 1 N–H and O–H groups in total. The van der Waals surface area contributed by atoms with Crippen LogP contribution in [0.4, 0.5) is 5.69 Å². The summed E-state index contributed by atoms with van der Waals surface area (Å²) in [6.45, 7) is 3.83. The van der Waals surface area contributed by atoms with Crippen molar-refractivity contribution >= 4 is 5.69 Å². The van der Waals surface area contributed by atoms with Crippen LogP contribution in [-0.2, 0) is 6.54 Å². The van der Waals surface area contributed by atoms with E-state index < -0.39 is 0 Å². The molecule has 0 aromatic heterocycles. The lowest BCUT2D eigenvalue weighted by molar-refractivity contribution is 0.410. The van der Waals surface area contributed by atoms with E-state index >= 15 is 0 Å². The summed E-state index contributed by atoms with van der Waals surface area (Å²) in [7, 11) is 1.64. The molecule has 2 aromatic carbocycles. The number of hydrogen-bond acceptors (Lipinski definition) is 3. The van der Waals surface area contributed by atoms with Crippen LogP contribution in [0.25, 0.3) is 0 Å². The number of nitrogens with zero attached hydrogens (tertiary/aromatic N) is 1. The maximum Gasteiger partial charge on any atom is 0.120 e. The zero-order chi connectivity index (χ0) is 15.1. The second-order valence-corrected chi connectivity index (χ2v) is 5.11. The molecule has 0 amide bonds. The van der Waals surface area contributed by atoms with Gasteiger partial charge in [0.25, 0.3) is 0 Å². The van der Waals surface area contributed by atoms with Crippen LogP contribution in [-0.4, -0.2) is 18.8 Å². The van der Waals surface area contributed by atoms with Gasteiger partial charge in [0.1, 0.15) is 11.5 Å². The van der Waals surface area contributed by atoms with Crippen LogP contribution < -0.4 is 9.64 Å². The summed E-state index contributed by atoms with van der Waals surface area (Å²) >= 11 is 0. The first-order valence-electron chi connectivity index (χ1n) is 7.40. The number of hydrogen-bond donors (Lipinski definition) is 1. The molecule has 112 valence electrons. The van der Waals surface area contributed by atoms with E-state index in [1.807, 2.05) is 24.3 Å². The van der Waals surface area contributed by atoms with Gasteiger partial charge in [-0.05, 0) is 36.8 Å². The Kier molecular flexibility index (Phi) is 5.50. The van der Waals surface area contributed by atoms with Gasteiger partial charge in [0.05, 0.1) is 7.11 Å². The third kappa shape index (κ3) is 4.15. The van der Waals surface area contributed by atoms with E-state index in [0.29, 0.717) is 12.3 Å². The second-order valence-electron chi connectivity index (χ2n) is 5.11. The van der Waals surface area contributed by atoms with Crippen molar-refractivity contribution in [2.45, 2.75) is 26.3 Å². The van der Waals surface area contributed by atoms with Crippen LogP contribution in [0.3, 0.4) is 0 Å². The standard InChI is InChI=1S/C18H23NO2/c1-3-4-12-19(16-8-6-5-7-9-16)14-15-13-17(21-2)10-11-18(15)20/h5-11,13,20H,3-4,12,14H2,1-2H3. The number of phenolic OH excluding ortho intramolecular Hbond substituents is 1. The summed E-state index contributed by atoms with van der Waals surface area (Å²) in [5, 5.41) is 10.1. The van der Waals surface area contributed by atoms with Crippen LogP contribution in [0.5, 0.6) is 11.5 Å². The molecule has 0 radical (unpaired) electrons. The fourth-order valence-corrected chi connectivity index (χ4v) is 2.31. The number of methoxy groups -OCH3 is 1. The van der Waals surface area contributed by atoms with Gasteiger partial charge in [-0.1, -0.05) is 31.5 Å². The maximum atomic E-state index is 10.1. The van der Waals surface area contributed by atoms with Crippen molar-refractivity contribution in [1.82, 2.24) is 0 Å². The fourth-order valence-electron chi connectivity index (χ4n) is 2.31. The van der Waals surface area contributed by atoms with Crippen LogP contribution in [0.15, 0.2) is 48.5 Å². The molecule has 0 aliphatic rings. The van der Waals surface area contributed by atoms with Gasteiger partial charge in [-0.25, -0.2) is 0 Å². The SMILES string of the molecule is CCCCN(Cc1cc(OC)ccc1O)c1ccccc1. The van der Waals surface area contributed by atoms with Crippen LogP contribution in [0.2, 0.25) is 0 Å². The number of benzene rings is 2. The number of anilines is 1. The Hall–Kier alpha value is -2.16. The van der Waals surface area contributed by atoms with Crippen molar-refractivity contribution in [3.05, 3.63) is 54.1 Å². The van der Waals surface area contributed by atoms with E-state index in [1.165, 1.54) is 5.69 Å². The molecule has 2 aromatic rings. The van der Waals surface area contributed by atoms with Crippen molar-refractivity contribution in [2.75, 3.05) is 18.6 Å². The van der Waals surface area contributed by atoms with Crippen molar-refractivity contribution in [2.24, 2.45) is 0 Å². The zero-order valence-corrected chi connectivity index (χ0v) is 12.7. The Morgan fingerprint density at radius 2 is 1.86 bits per heavy atom. The Labute approximate surface area is 126 Å². The lowest BCUT2D eigenvalue weighted by Gasteiger charge is -2.25. The Morgan fingerprint density at radius 3 is 2.52 bits per heavy atom. The summed E-state index contributed by atoms with van der Waals surface area (Å²) in [5.74, 6) is 1.08. The molecule has 0 fully saturated rings. The molecule has 2 rings (SSSR count). The molecule has 0 spiro atoms. The largest absolute Gasteiger partial charge is 0.508 e. The minimum Gasteiger partial charge on any atom is -0.508 e. The topological polar surface area (TPSA) is 32.7 Å². The third-order valence-electron chi connectivity index (χ3n) is 3.55. The summed E-state index contributed by atoms with van der Waals surface area (Å²) < 4.78 is 5.25. The van der Waals surface area contributed by atoms with Gasteiger partial charge in [0.15, 0.2) is 0 Å². The van der Waals surface area contributed by atoms with E-state index in [2.05, 4.69) is 24.0 Å². The van der Waals surface area contributed by atoms with Crippen LogP contribution in [0.1, 0.15) is 25.3 Å². The quantitative estimate of drug-likeness (QED) is 0.827. The molecular weight excluding hydrogens is 262 g/mol. The average Bonchev–Trinajstić information content (AvgIpc) is 2.54. The lowest BCUT2D eigenvalue weighted by atomic mass is 10.1. The first kappa shape index (κ1) is 15.2. The van der Waals surface area contributed by atoms with Crippen molar-refractivity contribution < 1.29 is 9.84 Å². The number of rotatable bonds is 7. The number of unbranched alkanes of at least 4 members (excludes halogenated alkanes) is 1. The van der Waals surface area contributed by atoms with Gasteiger partial charge < -0.3 is 14.7 Å². The Balaban J connectivity index is 2.22. The van der Waals surface area contributed by atoms with E-state index in [1.54, 1.807) is 19.2 Å². The minimum atomic E-state index is 0.313. The zero-order valence-electron chi connectivity index (χ0n) is 12.7. The van der Waals surface area contributed by atoms with Gasteiger partial charge in [0.2, 0.25) is 0 Å². The molecule has 0 saturated heterocycles. The molecule has 0 atom stereocenters. The molecule has 0 aliphatic heterocycles. The predicted molar refractivity (Wildman–Crippen MR) is 87.1 cm³/mol. The van der Waals surface area contributed by atoms with E-state index in [0.717, 1.165) is 30.7 Å². The summed E-state index contributed by atoms with van der Waals surface area (Å²) in [4.78, 5) is 2.29. The van der Waals surface area contributed by atoms with Crippen molar-refractivity contribution in [3.8, 4) is 11.5 Å². The minimum absolute atomic E-state index is 0.313. The number of ether oxygens (including phenoxy) is 1. The highest BCUT2D eigenvalue weighted by Gasteiger charge is 2.10. The van der Waals surface area contributed by atoms with Crippen molar-refractivity contribution in [1.29, 1.82) is 0 Å². The highest BCUT2D eigenvalue weighted by atomic mass is 16.5. The maximum absolute atomic E-state index is 10.1. The lowest BCUT2D eigenvalue weighted by Crippen LogP contribution is -2.23. The van der Waals surface area contributed by atoms with Gasteiger partial charge in [0, 0.05) is 24.3 Å². The number of phenols is 1. The molecule has 0 aliphatic carbocycles. The van der Waals surface area contributed by atoms with Gasteiger partial charge in [-0.15, -0.1) is 0 Å². The fraction of sp³-hybridized carbons (Fsp3) is 0.333. The first-order valence-corrected chi connectivity index (χ1v) is 7.40. The van der Waals surface area contributed by atoms with Crippen LogP contribution >= 0.6 is 0 Å². The molecule has 0 unspecified atom stereocenters. The van der Waals surface area contributed by atoms with E-state index in [-0.39, 0.29) is 0 Å². The third-order valence-corrected chi connectivity index (χ3v) is 3.55. The smallest absolute Gasteiger partial charge is 0.120 e. The Bertz CT molecular complexity index is 554. The summed E-state index contributed by atoms with van der Waals surface area (Å²) in [6.07, 6.45) is 2.27. The molecule has 0 bridgehead atoms. The molecule has 21 heavy (non-hydrogen) atoms. The van der Waals surface area contributed by atoms with E-state index in [9.17, 15) is 5.11 Å². The monoisotopic (exact) mass is 285 g/mol. The number of aromatic hydroxyl groups is 1. The molecule has 0 heterocycles. The number of para-hydroxylation sites is 1. The Morgan fingerprint density at radius 1 is 1.10 bits per heavy atom. The average molecular weight is 285 g/mol. The van der Waals surface area contributed by atoms with E-state index in [4.69, 9.17) is 4.74 Å². The van der Waals surface area contributed by atoms with Crippen LogP contribution in [0, 0.1) is 0 Å². The van der Waals surface area contributed by atoms with Gasteiger partial charge in [-0.3, -0.25) is 0 Å². The highest BCUT2D eigenvalue weighted by molar-refractivity contribution is 5.49. The van der Waals surface area contributed by atoms with Gasteiger partial charge in [-0.2, -0.15) is 0 Å². The summed E-state index contributed by atoms with van der Waals surface area (Å²) in [6, 6.07) is 15.7. The summed E-state index contributed by atoms with van der Waals surface area (Å²) in [5.41, 5.74) is 2.06. The first-order chi connectivity index (χ1) is 10.2. The molecule has 3 nitrogen and oxygen atoms in total. The second kappa shape index (κ2) is 7.58. The molecular formula is C18H23NO2.